The van der Waals surface area contributed by atoms with Gasteiger partial charge in [0.25, 0.3) is 0 Å². The summed E-state index contributed by atoms with van der Waals surface area (Å²) in [6, 6.07) is 0. The molecule has 3 heteroatoms. The maximum Gasteiger partial charge on any atom is 0.229 e. The Morgan fingerprint density at radius 2 is 1.55 bits per heavy atom. The largest absolute Gasteiger partial charge is 0.330 e. The minimum absolute atomic E-state index is 0.101. The van der Waals surface area contributed by atoms with E-state index in [9.17, 15) is 9.59 Å². The number of likely N-dealkylation sites (tertiary alicyclic amines) is 1. The summed E-state index contributed by atoms with van der Waals surface area (Å²) in [7, 11) is 0. The molecule has 0 unspecified atom stereocenters. The van der Waals surface area contributed by atoms with E-state index >= 15 is 0 Å². The van der Waals surface area contributed by atoms with Gasteiger partial charge in [-0.25, -0.2) is 0 Å². The maximum atomic E-state index is 13.2. The summed E-state index contributed by atoms with van der Waals surface area (Å²) in [4.78, 5) is 27.2. The van der Waals surface area contributed by atoms with Crippen molar-refractivity contribution in [3.05, 3.63) is 0 Å². The van der Waals surface area contributed by atoms with Gasteiger partial charge in [0.2, 0.25) is 5.91 Å². The standard InChI is InChI=1S/C17H25NO2/c1-16(2)14(19)3-4-18(16)15(20)17-8-11-5-12(9-17)7-13(6-11)10-17/h11-13H,3-10H2,1-2H3. The molecule has 1 aliphatic heterocycles. The Kier molecular flexibility index (Phi) is 2.48. The highest BCUT2D eigenvalue weighted by atomic mass is 16.2. The topological polar surface area (TPSA) is 37.4 Å². The van der Waals surface area contributed by atoms with Crippen LogP contribution in [-0.4, -0.2) is 28.7 Å². The van der Waals surface area contributed by atoms with Crippen molar-refractivity contribution in [3.8, 4) is 0 Å². The molecule has 0 aromatic carbocycles. The van der Waals surface area contributed by atoms with Gasteiger partial charge in [-0.2, -0.15) is 0 Å². The number of rotatable bonds is 1. The Morgan fingerprint density at radius 1 is 1.05 bits per heavy atom. The summed E-state index contributed by atoms with van der Waals surface area (Å²) in [5, 5.41) is 0. The molecule has 3 nitrogen and oxygen atoms in total. The van der Waals surface area contributed by atoms with Crippen LogP contribution in [-0.2, 0) is 9.59 Å². The third-order valence-corrected chi connectivity index (χ3v) is 6.66. The Bertz CT molecular complexity index is 444. The van der Waals surface area contributed by atoms with Crippen molar-refractivity contribution in [2.24, 2.45) is 23.2 Å². The Morgan fingerprint density at radius 3 is 1.95 bits per heavy atom. The van der Waals surface area contributed by atoms with E-state index in [0.717, 1.165) is 37.0 Å². The van der Waals surface area contributed by atoms with Gasteiger partial charge in [-0.3, -0.25) is 9.59 Å². The van der Waals surface area contributed by atoms with E-state index in [4.69, 9.17) is 0 Å². The van der Waals surface area contributed by atoms with Crippen molar-refractivity contribution in [3.63, 3.8) is 0 Å². The van der Waals surface area contributed by atoms with Crippen molar-refractivity contribution < 1.29 is 9.59 Å². The normalized spacial score (nSPS) is 45.2. The number of Topliss-reactive ketones (excluding diaryl/α,β-unsaturated/α-hetero) is 1. The summed E-state index contributed by atoms with van der Waals surface area (Å²) < 4.78 is 0. The fourth-order valence-electron chi connectivity index (χ4n) is 5.96. The van der Waals surface area contributed by atoms with E-state index in [1.165, 1.54) is 19.3 Å². The minimum atomic E-state index is -0.569. The Hall–Kier alpha value is -0.860. The van der Waals surface area contributed by atoms with Crippen LogP contribution in [0.5, 0.6) is 0 Å². The molecule has 110 valence electrons. The van der Waals surface area contributed by atoms with Gasteiger partial charge in [0.1, 0.15) is 0 Å². The number of carbonyl (C=O) groups excluding carboxylic acids is 2. The summed E-state index contributed by atoms with van der Waals surface area (Å²) >= 11 is 0. The van der Waals surface area contributed by atoms with E-state index in [0.29, 0.717) is 18.9 Å². The molecule has 0 radical (unpaired) electrons. The number of amides is 1. The fraction of sp³-hybridized carbons (Fsp3) is 0.882. The van der Waals surface area contributed by atoms with E-state index in [2.05, 4.69) is 0 Å². The van der Waals surface area contributed by atoms with E-state index in [-0.39, 0.29) is 11.2 Å². The molecule has 4 bridgehead atoms. The Labute approximate surface area is 121 Å². The average Bonchev–Trinajstić information content (AvgIpc) is 2.61. The molecule has 0 aromatic heterocycles. The van der Waals surface area contributed by atoms with Crippen LogP contribution in [0.2, 0.25) is 0 Å². The second kappa shape index (κ2) is 3.86. The highest BCUT2D eigenvalue weighted by Gasteiger charge is 2.58. The summed E-state index contributed by atoms with van der Waals surface area (Å²) in [5.41, 5.74) is -0.670. The van der Waals surface area contributed by atoms with Crippen LogP contribution in [0.15, 0.2) is 0 Å². The van der Waals surface area contributed by atoms with Crippen LogP contribution < -0.4 is 0 Å². The highest BCUT2D eigenvalue weighted by molar-refractivity contribution is 5.97. The summed E-state index contributed by atoms with van der Waals surface area (Å²) in [6.07, 6.45) is 7.90. The zero-order valence-corrected chi connectivity index (χ0v) is 12.7. The molecule has 1 saturated heterocycles. The molecule has 5 aliphatic rings. The van der Waals surface area contributed by atoms with E-state index in [1.54, 1.807) is 0 Å². The zero-order valence-electron chi connectivity index (χ0n) is 12.7. The molecule has 0 atom stereocenters. The summed E-state index contributed by atoms with van der Waals surface area (Å²) in [5.74, 6) is 2.90. The molecule has 4 saturated carbocycles. The second-order valence-electron chi connectivity index (χ2n) is 8.39. The van der Waals surface area contributed by atoms with Crippen molar-refractivity contribution in [1.29, 1.82) is 0 Å². The SMILES string of the molecule is CC1(C)C(=O)CCN1C(=O)C12CC3CC(CC(C3)C1)C2. The van der Waals surface area contributed by atoms with E-state index in [1.807, 2.05) is 18.7 Å². The van der Waals surface area contributed by atoms with Gasteiger partial charge in [0.15, 0.2) is 5.78 Å². The Balaban J connectivity index is 1.64. The van der Waals surface area contributed by atoms with Gasteiger partial charge >= 0.3 is 0 Å². The first-order chi connectivity index (χ1) is 9.41. The maximum absolute atomic E-state index is 13.2. The highest BCUT2D eigenvalue weighted by Crippen LogP contribution is 2.61. The van der Waals surface area contributed by atoms with Gasteiger partial charge in [-0.05, 0) is 70.1 Å². The monoisotopic (exact) mass is 275 g/mol. The molecular formula is C17H25NO2. The van der Waals surface area contributed by atoms with Crippen LogP contribution in [0.1, 0.15) is 58.8 Å². The van der Waals surface area contributed by atoms with Crippen LogP contribution in [0.3, 0.4) is 0 Å². The predicted octanol–water partition coefficient (Wildman–Crippen LogP) is 2.78. The van der Waals surface area contributed by atoms with Crippen molar-refractivity contribution >= 4 is 11.7 Å². The number of nitrogens with zero attached hydrogens (tertiary/aromatic N) is 1. The molecule has 0 N–H and O–H groups in total. The quantitative estimate of drug-likeness (QED) is 0.738. The average molecular weight is 275 g/mol. The van der Waals surface area contributed by atoms with Crippen LogP contribution in [0, 0.1) is 23.2 Å². The lowest BCUT2D eigenvalue weighted by Crippen LogP contribution is -2.58. The molecule has 5 fully saturated rings. The smallest absolute Gasteiger partial charge is 0.229 e. The lowest BCUT2D eigenvalue weighted by atomic mass is 9.49. The van der Waals surface area contributed by atoms with Crippen molar-refractivity contribution in [2.45, 2.75) is 64.3 Å². The number of ketones is 1. The van der Waals surface area contributed by atoms with E-state index < -0.39 is 5.54 Å². The van der Waals surface area contributed by atoms with Gasteiger partial charge in [-0.1, -0.05) is 0 Å². The lowest BCUT2D eigenvalue weighted by Gasteiger charge is -2.57. The lowest BCUT2D eigenvalue weighted by molar-refractivity contribution is -0.162. The molecule has 1 amide bonds. The zero-order chi connectivity index (χ0) is 14.1. The molecule has 4 aliphatic carbocycles. The summed E-state index contributed by atoms with van der Waals surface area (Å²) in [6.45, 7) is 4.51. The molecule has 5 rings (SSSR count). The minimum Gasteiger partial charge on any atom is -0.330 e. The van der Waals surface area contributed by atoms with Crippen LogP contribution in [0.25, 0.3) is 0 Å². The third kappa shape index (κ3) is 1.58. The molecule has 20 heavy (non-hydrogen) atoms. The van der Waals surface area contributed by atoms with Crippen LogP contribution in [0.4, 0.5) is 0 Å². The van der Waals surface area contributed by atoms with Gasteiger partial charge < -0.3 is 4.90 Å². The van der Waals surface area contributed by atoms with Gasteiger partial charge in [-0.15, -0.1) is 0 Å². The number of carbonyl (C=O) groups is 2. The second-order valence-corrected chi connectivity index (χ2v) is 8.39. The molecule has 0 aromatic rings. The van der Waals surface area contributed by atoms with Crippen molar-refractivity contribution in [2.75, 3.05) is 6.54 Å². The van der Waals surface area contributed by atoms with Gasteiger partial charge in [0, 0.05) is 13.0 Å². The number of hydrogen-bond donors (Lipinski definition) is 0. The first-order valence-electron chi connectivity index (χ1n) is 8.26. The fourth-order valence-corrected chi connectivity index (χ4v) is 5.96. The predicted molar refractivity (Wildman–Crippen MR) is 76.0 cm³/mol. The number of hydrogen-bond acceptors (Lipinski definition) is 2. The van der Waals surface area contributed by atoms with Crippen molar-refractivity contribution in [1.82, 2.24) is 4.90 Å². The first-order valence-corrected chi connectivity index (χ1v) is 8.26. The first kappa shape index (κ1) is 12.8. The molecule has 1 heterocycles. The van der Waals surface area contributed by atoms with Crippen LogP contribution >= 0.6 is 0 Å². The molecule has 0 spiro atoms. The third-order valence-electron chi connectivity index (χ3n) is 6.66. The molecular weight excluding hydrogens is 250 g/mol. The van der Waals surface area contributed by atoms with Gasteiger partial charge in [0.05, 0.1) is 11.0 Å².